The van der Waals surface area contributed by atoms with E-state index in [-0.39, 0.29) is 11.3 Å². The zero-order valence-corrected chi connectivity index (χ0v) is 10.5. The molecular formula is C12H16N2O4. The average molecular weight is 252 g/mol. The van der Waals surface area contributed by atoms with Crippen LogP contribution in [-0.4, -0.2) is 29.7 Å². The van der Waals surface area contributed by atoms with E-state index in [1.807, 2.05) is 0 Å². The fourth-order valence-electron chi connectivity index (χ4n) is 1.22. The molecular weight excluding hydrogens is 236 g/mol. The second kappa shape index (κ2) is 5.05. The molecule has 1 aromatic rings. The Kier molecular flexibility index (Phi) is 3.93. The van der Waals surface area contributed by atoms with Crippen molar-refractivity contribution < 1.29 is 19.4 Å². The van der Waals surface area contributed by atoms with Crippen LogP contribution in [-0.2, 0) is 9.53 Å². The predicted octanol–water partition coefficient (Wildman–Crippen LogP) is 1.33. The Hall–Kier alpha value is -2.08. The van der Waals surface area contributed by atoms with Gasteiger partial charge in [-0.3, -0.25) is 4.79 Å². The van der Waals surface area contributed by atoms with E-state index in [1.54, 1.807) is 13.8 Å². The standard InChI is InChI=1S/C12H16N2O4/c1-12(2,18-3)11(17)14-9-6-7(13)4-5-8(9)10(15)16/h4-6H,13H2,1-3H3,(H,14,17)(H,15,16). The number of benzene rings is 1. The molecule has 6 heteroatoms. The van der Waals surface area contributed by atoms with Gasteiger partial charge in [-0.25, -0.2) is 4.79 Å². The lowest BCUT2D eigenvalue weighted by Crippen LogP contribution is -2.39. The Bertz CT molecular complexity index is 483. The Morgan fingerprint density at radius 2 is 2.00 bits per heavy atom. The number of nitrogen functional groups attached to an aromatic ring is 1. The molecule has 0 bridgehead atoms. The third-order valence-corrected chi connectivity index (χ3v) is 2.58. The SMILES string of the molecule is COC(C)(C)C(=O)Nc1cc(N)ccc1C(=O)O. The highest BCUT2D eigenvalue weighted by Crippen LogP contribution is 2.21. The van der Waals surface area contributed by atoms with Gasteiger partial charge in [-0.1, -0.05) is 0 Å². The lowest BCUT2D eigenvalue weighted by molar-refractivity contribution is -0.133. The first-order valence-electron chi connectivity index (χ1n) is 5.27. The zero-order chi connectivity index (χ0) is 13.9. The molecule has 0 aliphatic carbocycles. The van der Waals surface area contributed by atoms with Crippen LogP contribution in [0.3, 0.4) is 0 Å². The first kappa shape index (κ1) is 14.0. The molecule has 0 spiro atoms. The monoisotopic (exact) mass is 252 g/mol. The number of hydrogen-bond donors (Lipinski definition) is 3. The van der Waals surface area contributed by atoms with Gasteiger partial charge in [-0.2, -0.15) is 0 Å². The quantitative estimate of drug-likeness (QED) is 0.702. The number of rotatable bonds is 4. The summed E-state index contributed by atoms with van der Waals surface area (Å²) in [5.41, 5.74) is 5.01. The van der Waals surface area contributed by atoms with Gasteiger partial charge >= 0.3 is 5.97 Å². The van der Waals surface area contributed by atoms with E-state index < -0.39 is 17.5 Å². The minimum atomic E-state index is -1.14. The summed E-state index contributed by atoms with van der Waals surface area (Å²) in [6.45, 7) is 3.16. The number of aromatic carboxylic acids is 1. The second-order valence-corrected chi connectivity index (χ2v) is 4.28. The largest absolute Gasteiger partial charge is 0.478 e. The highest BCUT2D eigenvalue weighted by Gasteiger charge is 2.28. The van der Waals surface area contributed by atoms with Crippen molar-refractivity contribution in [1.82, 2.24) is 0 Å². The molecule has 0 saturated carbocycles. The molecule has 0 aliphatic heterocycles. The molecule has 0 aromatic heterocycles. The van der Waals surface area contributed by atoms with Crippen molar-refractivity contribution in [1.29, 1.82) is 0 Å². The van der Waals surface area contributed by atoms with E-state index in [1.165, 1.54) is 25.3 Å². The normalized spacial score (nSPS) is 11.1. The number of hydrogen-bond acceptors (Lipinski definition) is 4. The maximum Gasteiger partial charge on any atom is 0.337 e. The van der Waals surface area contributed by atoms with Gasteiger partial charge in [-0.05, 0) is 32.0 Å². The number of nitrogens with two attached hydrogens (primary N) is 1. The number of amides is 1. The smallest absolute Gasteiger partial charge is 0.337 e. The Morgan fingerprint density at radius 1 is 1.39 bits per heavy atom. The molecule has 1 amide bonds. The predicted molar refractivity (Wildman–Crippen MR) is 67.5 cm³/mol. The van der Waals surface area contributed by atoms with E-state index in [9.17, 15) is 9.59 Å². The van der Waals surface area contributed by atoms with Gasteiger partial charge in [0.1, 0.15) is 5.60 Å². The summed E-state index contributed by atoms with van der Waals surface area (Å²) in [4.78, 5) is 22.9. The maximum atomic E-state index is 11.9. The van der Waals surface area contributed by atoms with E-state index in [4.69, 9.17) is 15.6 Å². The molecule has 0 fully saturated rings. The molecule has 18 heavy (non-hydrogen) atoms. The topological polar surface area (TPSA) is 102 Å². The Labute approximate surface area is 105 Å². The molecule has 0 radical (unpaired) electrons. The molecule has 1 aromatic carbocycles. The van der Waals surface area contributed by atoms with Crippen LogP contribution in [0.4, 0.5) is 11.4 Å². The average Bonchev–Trinajstić information content (AvgIpc) is 2.28. The number of methoxy groups -OCH3 is 1. The number of nitrogens with one attached hydrogen (secondary N) is 1. The van der Waals surface area contributed by atoms with Gasteiger partial charge in [0, 0.05) is 12.8 Å². The molecule has 98 valence electrons. The molecule has 4 N–H and O–H groups in total. The van der Waals surface area contributed by atoms with Crippen LogP contribution in [0.25, 0.3) is 0 Å². The first-order chi connectivity index (χ1) is 8.27. The number of ether oxygens (including phenoxy) is 1. The number of carbonyl (C=O) groups excluding carboxylic acids is 1. The number of carboxylic acid groups (broad SMARTS) is 1. The first-order valence-corrected chi connectivity index (χ1v) is 5.27. The fourth-order valence-corrected chi connectivity index (χ4v) is 1.22. The number of carbonyl (C=O) groups is 2. The van der Waals surface area contributed by atoms with Gasteiger partial charge in [0.05, 0.1) is 11.3 Å². The maximum absolute atomic E-state index is 11.9. The van der Waals surface area contributed by atoms with Crippen LogP contribution in [0.1, 0.15) is 24.2 Å². The van der Waals surface area contributed by atoms with Crippen LogP contribution < -0.4 is 11.1 Å². The fraction of sp³-hybridized carbons (Fsp3) is 0.333. The molecule has 0 atom stereocenters. The lowest BCUT2D eigenvalue weighted by Gasteiger charge is -2.22. The van der Waals surface area contributed by atoms with Gasteiger partial charge in [0.2, 0.25) is 0 Å². The van der Waals surface area contributed by atoms with E-state index in [0.29, 0.717) is 5.69 Å². The van der Waals surface area contributed by atoms with Gasteiger partial charge < -0.3 is 20.9 Å². The molecule has 0 unspecified atom stereocenters. The highest BCUT2D eigenvalue weighted by molar-refractivity contribution is 6.03. The molecule has 0 heterocycles. The third kappa shape index (κ3) is 2.98. The van der Waals surface area contributed by atoms with E-state index in [0.717, 1.165) is 0 Å². The summed E-state index contributed by atoms with van der Waals surface area (Å²) >= 11 is 0. The number of anilines is 2. The zero-order valence-electron chi connectivity index (χ0n) is 10.5. The van der Waals surface area contributed by atoms with Crippen LogP contribution in [0.15, 0.2) is 18.2 Å². The third-order valence-electron chi connectivity index (χ3n) is 2.58. The van der Waals surface area contributed by atoms with Crippen molar-refractivity contribution in [3.05, 3.63) is 23.8 Å². The van der Waals surface area contributed by atoms with Crippen LogP contribution in [0.2, 0.25) is 0 Å². The number of carboxylic acids is 1. The van der Waals surface area contributed by atoms with Gasteiger partial charge in [0.25, 0.3) is 5.91 Å². The summed E-state index contributed by atoms with van der Waals surface area (Å²) in [5.74, 6) is -1.58. The summed E-state index contributed by atoms with van der Waals surface area (Å²) in [6, 6.07) is 4.20. The van der Waals surface area contributed by atoms with E-state index in [2.05, 4.69) is 5.32 Å². The summed E-state index contributed by atoms with van der Waals surface area (Å²) in [5, 5.41) is 11.5. The summed E-state index contributed by atoms with van der Waals surface area (Å²) < 4.78 is 5.01. The van der Waals surface area contributed by atoms with Crippen LogP contribution in [0, 0.1) is 0 Å². The van der Waals surface area contributed by atoms with Gasteiger partial charge in [-0.15, -0.1) is 0 Å². The van der Waals surface area contributed by atoms with Crippen molar-refractivity contribution in [2.75, 3.05) is 18.2 Å². The Morgan fingerprint density at radius 3 is 2.50 bits per heavy atom. The van der Waals surface area contributed by atoms with Crippen molar-refractivity contribution in [3.8, 4) is 0 Å². The van der Waals surface area contributed by atoms with Crippen molar-refractivity contribution in [2.24, 2.45) is 0 Å². The molecule has 0 aliphatic rings. The molecule has 0 saturated heterocycles. The lowest BCUT2D eigenvalue weighted by atomic mass is 10.1. The van der Waals surface area contributed by atoms with Crippen molar-refractivity contribution in [2.45, 2.75) is 19.4 Å². The summed E-state index contributed by atoms with van der Waals surface area (Å²) in [7, 11) is 1.40. The van der Waals surface area contributed by atoms with Crippen molar-refractivity contribution >= 4 is 23.3 Å². The van der Waals surface area contributed by atoms with Gasteiger partial charge in [0.15, 0.2) is 0 Å². The summed E-state index contributed by atoms with van der Waals surface area (Å²) in [6.07, 6.45) is 0. The minimum absolute atomic E-state index is 0.0237. The minimum Gasteiger partial charge on any atom is -0.478 e. The van der Waals surface area contributed by atoms with E-state index >= 15 is 0 Å². The Balaban J connectivity index is 3.07. The molecule has 1 rings (SSSR count). The second-order valence-electron chi connectivity index (χ2n) is 4.28. The highest BCUT2D eigenvalue weighted by atomic mass is 16.5. The van der Waals surface area contributed by atoms with Crippen LogP contribution >= 0.6 is 0 Å². The van der Waals surface area contributed by atoms with Crippen LogP contribution in [0.5, 0.6) is 0 Å². The molecule has 6 nitrogen and oxygen atoms in total. The van der Waals surface area contributed by atoms with Crippen molar-refractivity contribution in [3.63, 3.8) is 0 Å².